The molecule has 6 nitrogen and oxygen atoms in total. The first-order valence-corrected chi connectivity index (χ1v) is 7.71. The maximum absolute atomic E-state index is 12.1. The Morgan fingerprint density at radius 1 is 1.32 bits per heavy atom. The summed E-state index contributed by atoms with van der Waals surface area (Å²) < 4.78 is 1.97. The minimum absolute atomic E-state index is 0.199. The molecule has 1 aliphatic rings. The first kappa shape index (κ1) is 14.3. The van der Waals surface area contributed by atoms with Gasteiger partial charge in [-0.05, 0) is 26.2 Å². The first-order valence-electron chi connectivity index (χ1n) is 6.73. The molecule has 106 valence electrons. The molecule has 1 aromatic heterocycles. The number of piperidine rings is 1. The fourth-order valence-corrected chi connectivity index (χ4v) is 3.13. The maximum Gasteiger partial charge on any atom is 0.233 e. The van der Waals surface area contributed by atoms with Crippen molar-refractivity contribution in [3.05, 3.63) is 5.82 Å². The van der Waals surface area contributed by atoms with Crippen molar-refractivity contribution in [1.82, 2.24) is 19.7 Å². The molecule has 0 atom stereocenters. The minimum Gasteiger partial charge on any atom is -0.342 e. The van der Waals surface area contributed by atoms with Gasteiger partial charge in [0, 0.05) is 26.2 Å². The van der Waals surface area contributed by atoms with Gasteiger partial charge in [-0.1, -0.05) is 11.8 Å². The SMILES string of the molecule is Cc1nnc(SCC(=O)N2CCCCC2)n1CCN. The van der Waals surface area contributed by atoms with Gasteiger partial charge in [0.25, 0.3) is 0 Å². The highest BCUT2D eigenvalue weighted by atomic mass is 32.2. The molecule has 0 unspecified atom stereocenters. The fraction of sp³-hybridized carbons (Fsp3) is 0.750. The third-order valence-corrected chi connectivity index (χ3v) is 4.24. The van der Waals surface area contributed by atoms with Crippen molar-refractivity contribution in [2.45, 2.75) is 37.9 Å². The van der Waals surface area contributed by atoms with Crippen LogP contribution in [0.2, 0.25) is 0 Å². The molecule has 0 spiro atoms. The average molecular weight is 283 g/mol. The largest absolute Gasteiger partial charge is 0.342 e. The third kappa shape index (κ3) is 3.70. The van der Waals surface area contributed by atoms with E-state index in [1.165, 1.54) is 18.2 Å². The Bertz CT molecular complexity index is 428. The molecule has 19 heavy (non-hydrogen) atoms. The Hall–Kier alpha value is -1.08. The Kier molecular flexibility index (Phi) is 5.21. The molecule has 1 aliphatic heterocycles. The number of hydrogen-bond acceptors (Lipinski definition) is 5. The highest BCUT2D eigenvalue weighted by molar-refractivity contribution is 7.99. The zero-order valence-electron chi connectivity index (χ0n) is 11.3. The van der Waals surface area contributed by atoms with Crippen LogP contribution in [0.5, 0.6) is 0 Å². The molecule has 2 rings (SSSR count). The molecule has 1 saturated heterocycles. The third-order valence-electron chi connectivity index (χ3n) is 3.29. The summed E-state index contributed by atoms with van der Waals surface area (Å²) in [5.41, 5.74) is 5.57. The van der Waals surface area contributed by atoms with Crippen molar-refractivity contribution in [1.29, 1.82) is 0 Å². The molecule has 0 saturated carbocycles. The first-order chi connectivity index (χ1) is 9.22. The van der Waals surface area contributed by atoms with E-state index in [1.54, 1.807) is 0 Å². The van der Waals surface area contributed by atoms with E-state index >= 15 is 0 Å². The summed E-state index contributed by atoms with van der Waals surface area (Å²) in [6, 6.07) is 0. The zero-order chi connectivity index (χ0) is 13.7. The number of nitrogens with two attached hydrogens (primary N) is 1. The van der Waals surface area contributed by atoms with E-state index in [0.29, 0.717) is 18.8 Å². The summed E-state index contributed by atoms with van der Waals surface area (Å²) in [5, 5.41) is 8.92. The van der Waals surface area contributed by atoms with E-state index in [1.807, 2.05) is 16.4 Å². The standard InChI is InChI=1S/C12H21N5OS/c1-10-14-15-12(17(10)8-5-13)19-9-11(18)16-6-3-2-4-7-16/h2-9,13H2,1H3. The predicted octanol–water partition coefficient (Wildman–Crippen LogP) is 0.650. The Labute approximate surface area is 117 Å². The Morgan fingerprint density at radius 2 is 2.05 bits per heavy atom. The molecule has 0 aromatic carbocycles. The molecule has 2 N–H and O–H groups in total. The van der Waals surface area contributed by atoms with Crippen molar-refractivity contribution >= 4 is 17.7 Å². The van der Waals surface area contributed by atoms with Crippen LogP contribution in [0.4, 0.5) is 0 Å². The minimum atomic E-state index is 0.199. The number of thioether (sulfide) groups is 1. The lowest BCUT2D eigenvalue weighted by Crippen LogP contribution is -2.36. The van der Waals surface area contributed by atoms with Gasteiger partial charge >= 0.3 is 0 Å². The van der Waals surface area contributed by atoms with Crippen LogP contribution in [-0.4, -0.2) is 51.0 Å². The van der Waals surface area contributed by atoms with Crippen LogP contribution in [0.3, 0.4) is 0 Å². The highest BCUT2D eigenvalue weighted by Gasteiger charge is 2.18. The van der Waals surface area contributed by atoms with Crippen molar-refractivity contribution in [3.8, 4) is 0 Å². The topological polar surface area (TPSA) is 77.0 Å². The predicted molar refractivity (Wildman–Crippen MR) is 75.0 cm³/mol. The second-order valence-electron chi connectivity index (χ2n) is 4.70. The van der Waals surface area contributed by atoms with E-state index < -0.39 is 0 Å². The summed E-state index contributed by atoms with van der Waals surface area (Å²) in [6.07, 6.45) is 3.48. The summed E-state index contributed by atoms with van der Waals surface area (Å²) in [4.78, 5) is 14.0. The lowest BCUT2D eigenvalue weighted by molar-refractivity contribution is -0.129. The van der Waals surface area contributed by atoms with Crippen LogP contribution in [0.15, 0.2) is 5.16 Å². The number of carbonyl (C=O) groups excluding carboxylic acids is 1. The number of amides is 1. The van der Waals surface area contributed by atoms with Gasteiger partial charge in [-0.2, -0.15) is 0 Å². The monoisotopic (exact) mass is 283 g/mol. The molecule has 1 amide bonds. The molecule has 0 radical (unpaired) electrons. The van der Waals surface area contributed by atoms with Gasteiger partial charge in [-0.15, -0.1) is 10.2 Å². The molecule has 0 bridgehead atoms. The highest BCUT2D eigenvalue weighted by Crippen LogP contribution is 2.18. The van der Waals surface area contributed by atoms with Gasteiger partial charge in [-0.25, -0.2) is 0 Å². The molecule has 2 heterocycles. The second kappa shape index (κ2) is 6.91. The van der Waals surface area contributed by atoms with Crippen LogP contribution in [0, 0.1) is 6.92 Å². The van der Waals surface area contributed by atoms with Crippen LogP contribution in [0.25, 0.3) is 0 Å². The van der Waals surface area contributed by atoms with Crippen molar-refractivity contribution < 1.29 is 4.79 Å². The van der Waals surface area contributed by atoms with Gasteiger partial charge in [0.05, 0.1) is 5.75 Å². The van der Waals surface area contributed by atoms with Crippen LogP contribution in [0.1, 0.15) is 25.1 Å². The lowest BCUT2D eigenvalue weighted by Gasteiger charge is -2.26. The Balaban J connectivity index is 1.89. The lowest BCUT2D eigenvalue weighted by atomic mass is 10.1. The van der Waals surface area contributed by atoms with Gasteiger partial charge in [0.2, 0.25) is 5.91 Å². The van der Waals surface area contributed by atoms with Crippen LogP contribution < -0.4 is 5.73 Å². The molecular weight excluding hydrogens is 262 g/mol. The quantitative estimate of drug-likeness (QED) is 0.803. The van der Waals surface area contributed by atoms with E-state index in [9.17, 15) is 4.79 Å². The summed E-state index contributed by atoms with van der Waals surface area (Å²) in [7, 11) is 0. The molecule has 7 heteroatoms. The molecule has 1 fully saturated rings. The van der Waals surface area contributed by atoms with Gasteiger partial charge in [-0.3, -0.25) is 4.79 Å². The zero-order valence-corrected chi connectivity index (χ0v) is 12.2. The van der Waals surface area contributed by atoms with E-state index in [2.05, 4.69) is 10.2 Å². The van der Waals surface area contributed by atoms with Crippen LogP contribution >= 0.6 is 11.8 Å². The molecular formula is C12H21N5OS. The number of rotatable bonds is 5. The normalized spacial score (nSPS) is 15.8. The van der Waals surface area contributed by atoms with Gasteiger partial charge in [0.15, 0.2) is 5.16 Å². The van der Waals surface area contributed by atoms with E-state index in [4.69, 9.17) is 5.73 Å². The number of hydrogen-bond donors (Lipinski definition) is 1. The van der Waals surface area contributed by atoms with Gasteiger partial charge < -0.3 is 15.2 Å². The summed E-state index contributed by atoms with van der Waals surface area (Å²) in [6.45, 7) is 4.94. The number of carbonyl (C=O) groups is 1. The van der Waals surface area contributed by atoms with Crippen molar-refractivity contribution in [3.63, 3.8) is 0 Å². The number of nitrogens with zero attached hydrogens (tertiary/aromatic N) is 4. The second-order valence-corrected chi connectivity index (χ2v) is 5.64. The summed E-state index contributed by atoms with van der Waals surface area (Å²) >= 11 is 1.45. The number of aryl methyl sites for hydroxylation is 1. The van der Waals surface area contributed by atoms with E-state index in [0.717, 1.165) is 36.9 Å². The maximum atomic E-state index is 12.1. The Morgan fingerprint density at radius 3 is 2.74 bits per heavy atom. The molecule has 1 aromatic rings. The van der Waals surface area contributed by atoms with Gasteiger partial charge in [0.1, 0.15) is 5.82 Å². The smallest absolute Gasteiger partial charge is 0.233 e. The fourth-order valence-electron chi connectivity index (χ4n) is 2.22. The van der Waals surface area contributed by atoms with Crippen molar-refractivity contribution in [2.24, 2.45) is 5.73 Å². The average Bonchev–Trinajstić information content (AvgIpc) is 2.79. The number of aromatic nitrogens is 3. The van der Waals surface area contributed by atoms with Crippen molar-refractivity contribution in [2.75, 3.05) is 25.4 Å². The van der Waals surface area contributed by atoms with E-state index in [-0.39, 0.29) is 5.91 Å². The summed E-state index contributed by atoms with van der Waals surface area (Å²) in [5.74, 6) is 1.48. The number of likely N-dealkylation sites (tertiary alicyclic amines) is 1. The van der Waals surface area contributed by atoms with Crippen LogP contribution in [-0.2, 0) is 11.3 Å². The molecule has 0 aliphatic carbocycles.